The second-order valence-corrected chi connectivity index (χ2v) is 3.66. The predicted molar refractivity (Wildman–Crippen MR) is 61.4 cm³/mol. The molecule has 4 nitrogen and oxygen atoms in total. The van der Waals surface area contributed by atoms with Gasteiger partial charge in [-0.05, 0) is 25.2 Å². The molecular weight excluding hydrogens is 223 g/mol. The maximum Gasteiger partial charge on any atom is 0.336 e. The fourth-order valence-electron chi connectivity index (χ4n) is 1.71. The average molecular weight is 234 g/mol. The Kier molecular flexibility index (Phi) is 3.01. The minimum Gasteiger partial charge on any atom is -0.478 e. The second-order valence-electron chi connectivity index (χ2n) is 3.66. The van der Waals surface area contributed by atoms with Gasteiger partial charge in [0, 0.05) is 18.0 Å². The molecule has 2 rings (SSSR count). The van der Waals surface area contributed by atoms with Crippen molar-refractivity contribution in [2.75, 3.05) is 7.05 Å². The number of carbonyl (C=O) groups is 1. The van der Waals surface area contributed by atoms with E-state index in [-0.39, 0.29) is 5.56 Å². The van der Waals surface area contributed by atoms with Crippen LogP contribution in [-0.2, 0) is 6.54 Å². The van der Waals surface area contributed by atoms with Crippen LogP contribution in [0.3, 0.4) is 0 Å². The molecule has 2 N–H and O–H groups in total. The van der Waals surface area contributed by atoms with E-state index < -0.39 is 11.8 Å². The van der Waals surface area contributed by atoms with Gasteiger partial charge in [0.15, 0.2) is 0 Å². The summed E-state index contributed by atoms with van der Waals surface area (Å²) in [5.41, 5.74) is 1.07. The quantitative estimate of drug-likeness (QED) is 0.849. The van der Waals surface area contributed by atoms with E-state index >= 15 is 0 Å². The number of halogens is 1. The number of aromatic nitrogens is 1. The van der Waals surface area contributed by atoms with Crippen molar-refractivity contribution in [3.05, 3.63) is 41.3 Å². The maximum atomic E-state index is 13.1. The number of hydrogen-bond acceptors (Lipinski definition) is 3. The smallest absolute Gasteiger partial charge is 0.336 e. The van der Waals surface area contributed by atoms with Gasteiger partial charge in [0.2, 0.25) is 0 Å². The summed E-state index contributed by atoms with van der Waals surface area (Å²) in [6.45, 7) is 0.437. The van der Waals surface area contributed by atoms with Crippen molar-refractivity contribution < 1.29 is 14.3 Å². The average Bonchev–Trinajstić information content (AvgIpc) is 2.27. The molecule has 1 aromatic heterocycles. The third kappa shape index (κ3) is 2.24. The zero-order valence-electron chi connectivity index (χ0n) is 9.20. The van der Waals surface area contributed by atoms with Crippen molar-refractivity contribution in [3.63, 3.8) is 0 Å². The van der Waals surface area contributed by atoms with Crippen LogP contribution in [0.1, 0.15) is 16.1 Å². The molecular formula is C12H11FN2O2. The van der Waals surface area contributed by atoms with E-state index in [0.717, 1.165) is 0 Å². The van der Waals surface area contributed by atoms with Crippen LogP contribution in [-0.4, -0.2) is 23.1 Å². The van der Waals surface area contributed by atoms with Gasteiger partial charge in [-0.2, -0.15) is 0 Å². The van der Waals surface area contributed by atoms with Crippen molar-refractivity contribution in [1.29, 1.82) is 0 Å². The molecule has 0 aliphatic rings. The summed E-state index contributed by atoms with van der Waals surface area (Å²) in [6.07, 6.45) is 0. The number of carboxylic acids is 1. The molecule has 0 saturated carbocycles. The fraction of sp³-hybridized carbons (Fsp3) is 0.167. The lowest BCUT2D eigenvalue weighted by atomic mass is 10.1. The lowest BCUT2D eigenvalue weighted by Crippen LogP contribution is -2.09. The molecule has 1 heterocycles. The summed E-state index contributed by atoms with van der Waals surface area (Å²) < 4.78 is 13.1. The van der Waals surface area contributed by atoms with E-state index in [1.54, 1.807) is 7.05 Å². The molecule has 1 aromatic carbocycles. The largest absolute Gasteiger partial charge is 0.478 e. The second kappa shape index (κ2) is 4.47. The molecule has 0 unspecified atom stereocenters. The van der Waals surface area contributed by atoms with Gasteiger partial charge in [-0.1, -0.05) is 0 Å². The Bertz CT molecular complexity index is 584. The minimum atomic E-state index is -1.04. The van der Waals surface area contributed by atoms with E-state index in [1.807, 2.05) is 0 Å². The van der Waals surface area contributed by atoms with Gasteiger partial charge < -0.3 is 10.4 Å². The van der Waals surface area contributed by atoms with Gasteiger partial charge >= 0.3 is 5.97 Å². The molecule has 0 spiro atoms. The van der Waals surface area contributed by atoms with Crippen molar-refractivity contribution in [1.82, 2.24) is 10.3 Å². The third-order valence-electron chi connectivity index (χ3n) is 2.41. The predicted octanol–water partition coefficient (Wildman–Crippen LogP) is 1.79. The molecule has 88 valence electrons. The number of fused-ring (bicyclic) bond motifs is 1. The summed E-state index contributed by atoms with van der Waals surface area (Å²) >= 11 is 0. The molecule has 0 aliphatic heterocycles. The Morgan fingerprint density at radius 3 is 2.88 bits per heavy atom. The molecule has 0 atom stereocenters. The summed E-state index contributed by atoms with van der Waals surface area (Å²) in [4.78, 5) is 15.3. The zero-order valence-corrected chi connectivity index (χ0v) is 9.20. The van der Waals surface area contributed by atoms with Crippen molar-refractivity contribution in [2.45, 2.75) is 6.54 Å². The van der Waals surface area contributed by atoms with Gasteiger partial charge in [-0.25, -0.2) is 9.18 Å². The van der Waals surface area contributed by atoms with E-state index in [9.17, 15) is 9.18 Å². The van der Waals surface area contributed by atoms with Crippen LogP contribution in [0.4, 0.5) is 4.39 Å². The molecule has 0 fully saturated rings. The van der Waals surface area contributed by atoms with Crippen LogP contribution in [0.5, 0.6) is 0 Å². The van der Waals surface area contributed by atoms with Crippen LogP contribution >= 0.6 is 0 Å². The van der Waals surface area contributed by atoms with Gasteiger partial charge in [-0.15, -0.1) is 0 Å². The van der Waals surface area contributed by atoms with E-state index in [1.165, 1.54) is 24.3 Å². The zero-order chi connectivity index (χ0) is 12.4. The van der Waals surface area contributed by atoms with Crippen LogP contribution in [0.15, 0.2) is 24.3 Å². The van der Waals surface area contributed by atoms with E-state index in [2.05, 4.69) is 10.3 Å². The lowest BCUT2D eigenvalue weighted by molar-refractivity contribution is 0.0699. The first-order valence-electron chi connectivity index (χ1n) is 5.09. The Hall–Kier alpha value is -2.01. The van der Waals surface area contributed by atoms with Gasteiger partial charge in [0.1, 0.15) is 5.82 Å². The number of hydrogen-bond donors (Lipinski definition) is 2. The van der Waals surface area contributed by atoms with E-state index in [4.69, 9.17) is 5.11 Å². The number of pyridine rings is 1. The number of aromatic carboxylic acids is 1. The molecule has 0 radical (unpaired) electrons. The monoisotopic (exact) mass is 234 g/mol. The summed E-state index contributed by atoms with van der Waals surface area (Å²) in [5.74, 6) is -1.47. The number of nitrogens with zero attached hydrogens (tertiary/aromatic N) is 1. The van der Waals surface area contributed by atoms with Crippen LogP contribution in [0, 0.1) is 5.82 Å². The molecule has 17 heavy (non-hydrogen) atoms. The van der Waals surface area contributed by atoms with Gasteiger partial charge in [0.25, 0.3) is 0 Å². The fourth-order valence-corrected chi connectivity index (χ4v) is 1.71. The molecule has 0 amide bonds. The Morgan fingerprint density at radius 2 is 2.24 bits per heavy atom. The molecule has 5 heteroatoms. The number of benzene rings is 1. The lowest BCUT2D eigenvalue weighted by Gasteiger charge is -2.06. The standard InChI is InChI=1S/C12H11FN2O2/c1-14-6-8-5-10(12(16)17)9-3-2-7(13)4-11(9)15-8/h2-5,14H,6H2,1H3,(H,16,17). The highest BCUT2D eigenvalue weighted by molar-refractivity contribution is 6.02. The van der Waals surface area contributed by atoms with Crippen LogP contribution in [0.2, 0.25) is 0 Å². The molecule has 0 bridgehead atoms. The third-order valence-corrected chi connectivity index (χ3v) is 2.41. The normalized spacial score (nSPS) is 10.7. The summed E-state index contributed by atoms with van der Waals surface area (Å²) in [6, 6.07) is 5.40. The summed E-state index contributed by atoms with van der Waals surface area (Å²) in [7, 11) is 1.73. The Balaban J connectivity index is 2.71. The number of carboxylic acid groups (broad SMARTS) is 1. The van der Waals surface area contributed by atoms with Crippen molar-refractivity contribution in [2.24, 2.45) is 0 Å². The first-order chi connectivity index (χ1) is 8.11. The first kappa shape index (κ1) is 11.5. The summed E-state index contributed by atoms with van der Waals surface area (Å²) in [5, 5.41) is 12.4. The maximum absolute atomic E-state index is 13.1. The van der Waals surface area contributed by atoms with Crippen molar-refractivity contribution >= 4 is 16.9 Å². The SMILES string of the molecule is CNCc1cc(C(=O)O)c2ccc(F)cc2n1. The minimum absolute atomic E-state index is 0.139. The van der Waals surface area contributed by atoms with Crippen molar-refractivity contribution in [3.8, 4) is 0 Å². The first-order valence-corrected chi connectivity index (χ1v) is 5.09. The van der Waals surface area contributed by atoms with Crippen LogP contribution < -0.4 is 5.32 Å². The highest BCUT2D eigenvalue weighted by Crippen LogP contribution is 2.19. The van der Waals surface area contributed by atoms with Crippen LogP contribution in [0.25, 0.3) is 10.9 Å². The molecule has 0 saturated heterocycles. The number of rotatable bonds is 3. The number of nitrogens with one attached hydrogen (secondary N) is 1. The van der Waals surface area contributed by atoms with Gasteiger partial charge in [0.05, 0.1) is 16.8 Å². The van der Waals surface area contributed by atoms with E-state index in [0.29, 0.717) is 23.1 Å². The Labute approximate surface area is 97.1 Å². The topological polar surface area (TPSA) is 62.2 Å². The highest BCUT2D eigenvalue weighted by Gasteiger charge is 2.12. The molecule has 2 aromatic rings. The Morgan fingerprint density at radius 1 is 1.47 bits per heavy atom. The highest BCUT2D eigenvalue weighted by atomic mass is 19.1. The van der Waals surface area contributed by atoms with Gasteiger partial charge in [-0.3, -0.25) is 4.98 Å². The molecule has 0 aliphatic carbocycles.